The van der Waals surface area contributed by atoms with Crippen LogP contribution in [0, 0.1) is 0 Å². The maximum Gasteiger partial charge on any atom is 0.347 e. The van der Waals surface area contributed by atoms with Crippen LogP contribution in [0.2, 0.25) is 0 Å². The molecule has 2 rings (SSSR count). The summed E-state index contributed by atoms with van der Waals surface area (Å²) < 4.78 is 26.9. The predicted molar refractivity (Wildman–Crippen MR) is 84.1 cm³/mol. The maximum absolute atomic E-state index is 11.9. The fourth-order valence-electron chi connectivity index (χ4n) is 2.75. The monoisotopic (exact) mass is 359 g/mol. The molecule has 0 aromatic rings. The van der Waals surface area contributed by atoms with E-state index in [0.717, 1.165) is 0 Å². The molecule has 0 aromatic heterocycles. The minimum absolute atomic E-state index is 0.123. The number of esters is 2. The molecule has 0 saturated carbocycles. The number of rotatable bonds is 7. The number of carbonyl (C=O) groups excluding carboxylic acids is 2. The first kappa shape index (κ1) is 19.6. The van der Waals surface area contributed by atoms with E-state index in [1.807, 2.05) is 0 Å². The summed E-state index contributed by atoms with van der Waals surface area (Å²) in [5.74, 6) is -2.42. The summed E-state index contributed by atoms with van der Waals surface area (Å²) in [4.78, 5) is 23.9. The summed E-state index contributed by atoms with van der Waals surface area (Å²) in [7, 11) is 0. The summed E-state index contributed by atoms with van der Waals surface area (Å²) in [5.41, 5.74) is -0.283. The Labute approximate surface area is 146 Å². The molecule has 0 aliphatic carbocycles. The Bertz CT molecular complexity index is 512. The first-order chi connectivity index (χ1) is 11.8. The average molecular weight is 359 g/mol. The molecule has 2 N–H and O–H groups in total. The Morgan fingerprint density at radius 2 is 1.68 bits per heavy atom. The molecule has 2 fully saturated rings. The molecule has 0 radical (unpaired) electrons. The van der Waals surface area contributed by atoms with E-state index in [-0.39, 0.29) is 25.4 Å². The summed E-state index contributed by atoms with van der Waals surface area (Å²) in [6.07, 6.45) is -1.06. The lowest BCUT2D eigenvalue weighted by molar-refractivity contribution is -0.192. The van der Waals surface area contributed by atoms with Gasteiger partial charge in [0.1, 0.15) is 18.3 Å². The van der Waals surface area contributed by atoms with Crippen LogP contribution in [0.5, 0.6) is 0 Å². The van der Waals surface area contributed by atoms with Gasteiger partial charge in [-0.2, -0.15) is 0 Å². The van der Waals surface area contributed by atoms with Crippen molar-refractivity contribution in [3.8, 4) is 0 Å². The molecule has 9 heteroatoms. The van der Waals surface area contributed by atoms with Gasteiger partial charge in [0.15, 0.2) is 17.6 Å². The van der Waals surface area contributed by atoms with Gasteiger partial charge in [0.05, 0.1) is 19.8 Å². The van der Waals surface area contributed by atoms with Crippen LogP contribution < -0.4 is 5.32 Å². The largest absolute Gasteiger partial charge is 0.462 e. The molecule has 2 heterocycles. The maximum atomic E-state index is 11.9. The van der Waals surface area contributed by atoms with Gasteiger partial charge in [-0.25, -0.2) is 9.59 Å². The van der Waals surface area contributed by atoms with E-state index >= 15 is 0 Å². The Balaban J connectivity index is 2.13. The predicted octanol–water partition coefficient (Wildman–Crippen LogP) is -0.177. The number of carbonyl (C=O) groups is 2. The fraction of sp³-hybridized carbons (Fsp3) is 0.750. The Morgan fingerprint density at radius 1 is 1.12 bits per heavy atom. The molecule has 2 saturated heterocycles. The van der Waals surface area contributed by atoms with Gasteiger partial charge in [0.2, 0.25) is 0 Å². The van der Waals surface area contributed by atoms with Gasteiger partial charge < -0.3 is 34.1 Å². The quantitative estimate of drug-likeness (QED) is 0.277. The molecule has 0 aromatic carbocycles. The number of hydrogen-bond donors (Lipinski definition) is 2. The average Bonchev–Trinajstić information content (AvgIpc) is 3.01. The van der Waals surface area contributed by atoms with Gasteiger partial charge in [-0.3, -0.25) is 0 Å². The highest BCUT2D eigenvalue weighted by Crippen LogP contribution is 2.37. The first-order valence-corrected chi connectivity index (χ1v) is 8.25. The molecule has 4 atom stereocenters. The van der Waals surface area contributed by atoms with Crippen LogP contribution in [0.15, 0.2) is 11.8 Å². The van der Waals surface area contributed by atoms with Crippen LogP contribution in [0.25, 0.3) is 0 Å². The topological polar surface area (TPSA) is 113 Å². The van der Waals surface area contributed by atoms with E-state index in [1.165, 1.54) is 6.20 Å². The SMILES string of the molecule is CCOC(=O)C(=CNC1OC(CO)C2OC(C)(C)OC12)C(=O)OCC. The van der Waals surface area contributed by atoms with Crippen molar-refractivity contribution >= 4 is 11.9 Å². The standard InChI is InChI=1S/C16H25NO8/c1-5-21-14(19)9(15(20)22-6-2)7-17-13-12-11(10(8-18)23-13)24-16(3,4)25-12/h7,10-13,17-18H,5-6,8H2,1-4H3. The Kier molecular flexibility index (Phi) is 6.39. The summed E-state index contributed by atoms with van der Waals surface area (Å²) >= 11 is 0. The third-order valence-corrected chi connectivity index (χ3v) is 3.71. The normalized spacial score (nSPS) is 29.6. The van der Waals surface area contributed by atoms with Crippen molar-refractivity contribution in [2.75, 3.05) is 19.8 Å². The summed E-state index contributed by atoms with van der Waals surface area (Å²) in [6, 6.07) is 0. The van der Waals surface area contributed by atoms with E-state index in [4.69, 9.17) is 23.7 Å². The number of aliphatic hydroxyl groups excluding tert-OH is 1. The summed E-state index contributed by atoms with van der Waals surface area (Å²) in [6.45, 7) is 6.79. The van der Waals surface area contributed by atoms with Crippen LogP contribution in [0.4, 0.5) is 0 Å². The van der Waals surface area contributed by atoms with Crippen molar-refractivity contribution in [1.82, 2.24) is 5.32 Å². The second-order valence-electron chi connectivity index (χ2n) is 6.01. The number of nitrogens with one attached hydrogen (secondary N) is 1. The molecule has 2 aliphatic rings. The van der Waals surface area contributed by atoms with E-state index in [2.05, 4.69) is 5.32 Å². The minimum Gasteiger partial charge on any atom is -0.462 e. The van der Waals surface area contributed by atoms with Gasteiger partial charge in [-0.15, -0.1) is 0 Å². The molecular formula is C16H25NO8. The molecule has 0 amide bonds. The molecule has 25 heavy (non-hydrogen) atoms. The van der Waals surface area contributed by atoms with Gasteiger partial charge >= 0.3 is 11.9 Å². The van der Waals surface area contributed by atoms with Gasteiger partial charge in [-0.05, 0) is 27.7 Å². The smallest absolute Gasteiger partial charge is 0.347 e. The number of ether oxygens (including phenoxy) is 5. The van der Waals surface area contributed by atoms with Crippen LogP contribution >= 0.6 is 0 Å². The second kappa shape index (κ2) is 8.13. The molecule has 142 valence electrons. The molecule has 2 aliphatic heterocycles. The third-order valence-electron chi connectivity index (χ3n) is 3.71. The van der Waals surface area contributed by atoms with Gasteiger partial charge in [0.25, 0.3) is 0 Å². The van der Waals surface area contributed by atoms with Gasteiger partial charge in [0, 0.05) is 6.20 Å². The van der Waals surface area contributed by atoms with Crippen LogP contribution in [0.3, 0.4) is 0 Å². The fourth-order valence-corrected chi connectivity index (χ4v) is 2.75. The zero-order valence-corrected chi connectivity index (χ0v) is 14.8. The van der Waals surface area contributed by atoms with Crippen molar-refractivity contribution in [3.05, 3.63) is 11.8 Å². The highest BCUT2D eigenvalue weighted by atomic mass is 16.8. The van der Waals surface area contributed by atoms with E-state index in [0.29, 0.717) is 0 Å². The summed E-state index contributed by atoms with van der Waals surface area (Å²) in [5, 5.41) is 12.3. The molecular weight excluding hydrogens is 334 g/mol. The number of aliphatic hydroxyl groups is 1. The highest BCUT2D eigenvalue weighted by Gasteiger charge is 2.54. The zero-order chi connectivity index (χ0) is 18.6. The van der Waals surface area contributed by atoms with Gasteiger partial charge in [-0.1, -0.05) is 0 Å². The molecule has 9 nitrogen and oxygen atoms in total. The van der Waals surface area contributed by atoms with Crippen LogP contribution in [-0.4, -0.2) is 67.2 Å². The van der Waals surface area contributed by atoms with Crippen molar-refractivity contribution in [3.63, 3.8) is 0 Å². The lowest BCUT2D eigenvalue weighted by Crippen LogP contribution is -2.39. The zero-order valence-electron chi connectivity index (χ0n) is 14.8. The van der Waals surface area contributed by atoms with E-state index in [9.17, 15) is 14.7 Å². The Morgan fingerprint density at radius 3 is 2.20 bits per heavy atom. The lowest BCUT2D eigenvalue weighted by atomic mass is 10.1. The molecule has 0 spiro atoms. The van der Waals surface area contributed by atoms with Crippen molar-refractivity contribution in [2.24, 2.45) is 0 Å². The minimum atomic E-state index is -0.818. The van der Waals surface area contributed by atoms with Crippen molar-refractivity contribution < 1.29 is 38.4 Å². The van der Waals surface area contributed by atoms with Crippen LogP contribution in [-0.2, 0) is 33.3 Å². The Hall–Kier alpha value is -1.68. The van der Waals surface area contributed by atoms with Crippen molar-refractivity contribution in [1.29, 1.82) is 0 Å². The third kappa shape index (κ3) is 4.49. The molecule has 4 unspecified atom stereocenters. The van der Waals surface area contributed by atoms with Crippen LogP contribution in [0.1, 0.15) is 27.7 Å². The number of hydrogen-bond acceptors (Lipinski definition) is 9. The molecule has 0 bridgehead atoms. The lowest BCUT2D eigenvalue weighted by Gasteiger charge is -2.23. The first-order valence-electron chi connectivity index (χ1n) is 8.25. The highest BCUT2D eigenvalue weighted by molar-refractivity contribution is 6.13. The second-order valence-corrected chi connectivity index (χ2v) is 6.01. The van der Waals surface area contributed by atoms with E-state index < -0.39 is 42.3 Å². The van der Waals surface area contributed by atoms with E-state index in [1.54, 1.807) is 27.7 Å². The number of fused-ring (bicyclic) bond motifs is 1. The van der Waals surface area contributed by atoms with Crippen molar-refractivity contribution in [2.45, 2.75) is 58.0 Å².